The summed E-state index contributed by atoms with van der Waals surface area (Å²) < 4.78 is 6.82. The lowest BCUT2D eigenvalue weighted by Crippen LogP contribution is -2.24. The molecule has 0 N–H and O–H groups in total. The standard InChI is InChI=1S/C22H21N3O4/c1-15-7-8-19-23-18(11-21(27)25(19)12-15)14-29-22(28)17-5-2-4-16(10-17)13-24-9-3-6-20(24)26/h2,4-5,7-8,10-12H,3,6,9,13-14H2,1H3. The molecule has 0 aliphatic carbocycles. The van der Waals surface area contributed by atoms with Crippen molar-refractivity contribution < 1.29 is 14.3 Å². The molecule has 3 aromatic rings. The van der Waals surface area contributed by atoms with Gasteiger partial charge in [-0.05, 0) is 42.7 Å². The van der Waals surface area contributed by atoms with E-state index < -0.39 is 5.97 Å². The number of hydrogen-bond acceptors (Lipinski definition) is 5. The molecular weight excluding hydrogens is 370 g/mol. The number of esters is 1. The summed E-state index contributed by atoms with van der Waals surface area (Å²) in [4.78, 5) is 42.7. The fraction of sp³-hybridized carbons (Fsp3) is 0.273. The van der Waals surface area contributed by atoms with Crippen LogP contribution in [-0.4, -0.2) is 32.7 Å². The van der Waals surface area contributed by atoms with E-state index in [1.807, 2.05) is 19.1 Å². The van der Waals surface area contributed by atoms with Gasteiger partial charge in [0.05, 0.1) is 11.3 Å². The van der Waals surface area contributed by atoms with E-state index in [0.717, 1.165) is 24.1 Å². The molecule has 1 aliphatic rings. The minimum atomic E-state index is -0.495. The van der Waals surface area contributed by atoms with Gasteiger partial charge in [0.25, 0.3) is 5.56 Å². The minimum Gasteiger partial charge on any atom is -0.456 e. The van der Waals surface area contributed by atoms with Gasteiger partial charge in [-0.15, -0.1) is 0 Å². The van der Waals surface area contributed by atoms with E-state index in [0.29, 0.717) is 29.9 Å². The van der Waals surface area contributed by atoms with Crippen molar-refractivity contribution in [3.05, 3.63) is 81.4 Å². The van der Waals surface area contributed by atoms with Crippen LogP contribution >= 0.6 is 0 Å². The zero-order chi connectivity index (χ0) is 20.4. The first-order chi connectivity index (χ1) is 14.0. The average molecular weight is 391 g/mol. The Bertz CT molecular complexity index is 1150. The van der Waals surface area contributed by atoms with E-state index >= 15 is 0 Å². The van der Waals surface area contributed by atoms with Gasteiger partial charge in [-0.25, -0.2) is 9.78 Å². The predicted octanol–water partition coefficient (Wildman–Crippen LogP) is 2.48. The highest BCUT2D eigenvalue weighted by atomic mass is 16.5. The second-order valence-corrected chi connectivity index (χ2v) is 7.22. The largest absolute Gasteiger partial charge is 0.456 e. The lowest BCUT2D eigenvalue weighted by molar-refractivity contribution is -0.128. The second kappa shape index (κ2) is 7.87. The fourth-order valence-electron chi connectivity index (χ4n) is 3.44. The summed E-state index contributed by atoms with van der Waals surface area (Å²) in [5.74, 6) is -0.354. The molecule has 0 unspecified atom stereocenters. The molecule has 1 fully saturated rings. The van der Waals surface area contributed by atoms with Crippen LogP contribution in [-0.2, 0) is 22.7 Å². The van der Waals surface area contributed by atoms with Gasteiger partial charge in [0, 0.05) is 31.8 Å². The van der Waals surface area contributed by atoms with Gasteiger partial charge in [-0.1, -0.05) is 18.2 Å². The fourth-order valence-corrected chi connectivity index (χ4v) is 3.44. The molecule has 7 heteroatoms. The van der Waals surface area contributed by atoms with Gasteiger partial charge >= 0.3 is 5.97 Å². The zero-order valence-electron chi connectivity index (χ0n) is 16.1. The van der Waals surface area contributed by atoms with Crippen LogP contribution in [0.5, 0.6) is 0 Å². The number of aromatic nitrogens is 2. The molecule has 0 spiro atoms. The SMILES string of the molecule is Cc1ccc2nc(COC(=O)c3cccc(CN4CCCC4=O)c3)cc(=O)n2c1. The minimum absolute atomic E-state index is 0.0900. The molecule has 4 rings (SSSR count). The number of fused-ring (bicyclic) bond motifs is 1. The monoisotopic (exact) mass is 391 g/mol. The maximum Gasteiger partial charge on any atom is 0.338 e. The second-order valence-electron chi connectivity index (χ2n) is 7.22. The highest BCUT2D eigenvalue weighted by Gasteiger charge is 2.20. The van der Waals surface area contributed by atoms with Crippen LogP contribution in [0, 0.1) is 6.92 Å². The Morgan fingerprint density at radius 3 is 2.83 bits per heavy atom. The van der Waals surface area contributed by atoms with Crippen LogP contribution in [0.4, 0.5) is 0 Å². The van der Waals surface area contributed by atoms with Crippen molar-refractivity contribution in [2.24, 2.45) is 0 Å². The summed E-state index contributed by atoms with van der Waals surface area (Å²) in [6.07, 6.45) is 3.18. The van der Waals surface area contributed by atoms with Crippen molar-refractivity contribution in [1.82, 2.24) is 14.3 Å². The number of carbonyl (C=O) groups is 2. The maximum atomic E-state index is 12.5. The molecule has 0 atom stereocenters. The van der Waals surface area contributed by atoms with Crippen molar-refractivity contribution >= 4 is 17.5 Å². The summed E-state index contributed by atoms with van der Waals surface area (Å²) >= 11 is 0. The number of aryl methyl sites for hydroxylation is 1. The normalized spacial score (nSPS) is 13.8. The highest BCUT2D eigenvalue weighted by molar-refractivity contribution is 5.89. The third kappa shape index (κ3) is 4.18. The van der Waals surface area contributed by atoms with Crippen molar-refractivity contribution in [2.75, 3.05) is 6.54 Å². The molecular formula is C22H21N3O4. The van der Waals surface area contributed by atoms with Crippen molar-refractivity contribution in [1.29, 1.82) is 0 Å². The molecule has 0 saturated carbocycles. The number of benzene rings is 1. The van der Waals surface area contributed by atoms with Crippen LogP contribution in [0.3, 0.4) is 0 Å². The lowest BCUT2D eigenvalue weighted by Gasteiger charge is -2.15. The van der Waals surface area contributed by atoms with Gasteiger partial charge in [-0.2, -0.15) is 0 Å². The zero-order valence-corrected chi connectivity index (χ0v) is 16.1. The third-order valence-electron chi connectivity index (χ3n) is 4.92. The molecule has 1 aromatic carbocycles. The Hall–Kier alpha value is -3.48. The van der Waals surface area contributed by atoms with Gasteiger partial charge in [0.2, 0.25) is 5.91 Å². The van der Waals surface area contributed by atoms with Crippen molar-refractivity contribution in [2.45, 2.75) is 32.9 Å². The number of ether oxygens (including phenoxy) is 1. The number of pyridine rings is 1. The molecule has 1 amide bonds. The van der Waals surface area contributed by atoms with E-state index in [9.17, 15) is 14.4 Å². The summed E-state index contributed by atoms with van der Waals surface area (Å²) in [6, 6.07) is 12.1. The van der Waals surface area contributed by atoms with E-state index in [-0.39, 0.29) is 18.1 Å². The molecule has 0 radical (unpaired) electrons. The molecule has 1 saturated heterocycles. The molecule has 2 aromatic heterocycles. The first kappa shape index (κ1) is 18.9. The molecule has 1 aliphatic heterocycles. The summed E-state index contributed by atoms with van der Waals surface area (Å²) in [7, 11) is 0. The van der Waals surface area contributed by atoms with E-state index in [2.05, 4.69) is 4.98 Å². The number of nitrogens with zero attached hydrogens (tertiary/aromatic N) is 3. The predicted molar refractivity (Wildman–Crippen MR) is 106 cm³/mol. The van der Waals surface area contributed by atoms with Crippen LogP contribution in [0.25, 0.3) is 5.65 Å². The van der Waals surface area contributed by atoms with Gasteiger partial charge in [0.1, 0.15) is 12.3 Å². The van der Waals surface area contributed by atoms with E-state index in [1.165, 1.54) is 10.5 Å². The van der Waals surface area contributed by atoms with E-state index in [4.69, 9.17) is 4.74 Å². The Labute approximate surface area is 167 Å². The van der Waals surface area contributed by atoms with Crippen LogP contribution in [0.2, 0.25) is 0 Å². The Balaban J connectivity index is 1.45. The smallest absolute Gasteiger partial charge is 0.338 e. The topological polar surface area (TPSA) is 81.0 Å². The van der Waals surface area contributed by atoms with Crippen LogP contribution in [0.15, 0.2) is 53.5 Å². The van der Waals surface area contributed by atoms with Crippen molar-refractivity contribution in [3.63, 3.8) is 0 Å². The summed E-state index contributed by atoms with van der Waals surface area (Å²) in [6.45, 7) is 3.04. The average Bonchev–Trinajstić information content (AvgIpc) is 3.11. The Morgan fingerprint density at radius 2 is 2.03 bits per heavy atom. The highest BCUT2D eigenvalue weighted by Crippen LogP contribution is 2.16. The molecule has 0 bridgehead atoms. The Kier molecular flexibility index (Phi) is 5.12. The Morgan fingerprint density at radius 1 is 1.17 bits per heavy atom. The molecule has 3 heterocycles. The number of carbonyl (C=O) groups excluding carboxylic acids is 2. The number of rotatable bonds is 5. The molecule has 7 nitrogen and oxygen atoms in total. The van der Waals surface area contributed by atoms with E-state index in [1.54, 1.807) is 35.4 Å². The lowest BCUT2D eigenvalue weighted by atomic mass is 10.1. The number of likely N-dealkylation sites (tertiary alicyclic amines) is 1. The number of amides is 1. The molecule has 148 valence electrons. The summed E-state index contributed by atoms with van der Waals surface area (Å²) in [5, 5.41) is 0. The first-order valence-corrected chi connectivity index (χ1v) is 9.52. The molecule has 29 heavy (non-hydrogen) atoms. The number of hydrogen-bond donors (Lipinski definition) is 0. The van der Waals surface area contributed by atoms with Crippen LogP contribution < -0.4 is 5.56 Å². The van der Waals surface area contributed by atoms with Crippen molar-refractivity contribution in [3.8, 4) is 0 Å². The summed E-state index contributed by atoms with van der Waals surface area (Å²) in [5.41, 5.74) is 2.92. The van der Waals surface area contributed by atoms with Gasteiger partial charge in [-0.3, -0.25) is 14.0 Å². The third-order valence-corrected chi connectivity index (χ3v) is 4.92. The maximum absolute atomic E-state index is 12.5. The van der Waals surface area contributed by atoms with Gasteiger partial charge < -0.3 is 9.64 Å². The first-order valence-electron chi connectivity index (χ1n) is 9.52. The quantitative estimate of drug-likeness (QED) is 0.624. The van der Waals surface area contributed by atoms with Crippen LogP contribution in [0.1, 0.15) is 40.0 Å². The van der Waals surface area contributed by atoms with Gasteiger partial charge in [0.15, 0.2) is 0 Å².